The van der Waals surface area contributed by atoms with Crippen LogP contribution < -0.4 is 10.7 Å². The van der Waals surface area contributed by atoms with Gasteiger partial charge in [-0.1, -0.05) is 0 Å². The summed E-state index contributed by atoms with van der Waals surface area (Å²) < 4.78 is 10.5. The molecule has 1 aromatic rings. The van der Waals surface area contributed by atoms with E-state index < -0.39 is 0 Å². The van der Waals surface area contributed by atoms with Crippen molar-refractivity contribution in [3.8, 4) is 0 Å². The third-order valence-electron chi connectivity index (χ3n) is 0.847. The second-order valence-electron chi connectivity index (χ2n) is 1.46. The summed E-state index contributed by atoms with van der Waals surface area (Å²) in [4.78, 5) is 0. The molecule has 0 saturated carbocycles. The zero-order chi connectivity index (χ0) is 6.53. The lowest BCUT2D eigenvalue weighted by Crippen LogP contribution is -2.19. The molecule has 0 fully saturated rings. The quantitative estimate of drug-likeness (QED) is 0.420. The van der Waals surface area contributed by atoms with Crippen LogP contribution in [0.5, 0.6) is 0 Å². The van der Waals surface area contributed by atoms with E-state index in [1.165, 1.54) is 4.73 Å². The van der Waals surface area contributed by atoms with Crippen LogP contribution in [-0.2, 0) is 4.76 Å². The Labute approximate surface area is 53.4 Å². The van der Waals surface area contributed by atoms with Crippen molar-refractivity contribution in [3.63, 3.8) is 0 Å². The summed E-state index contributed by atoms with van der Waals surface area (Å²) in [5, 5.41) is 0. The Morgan fingerprint density at radius 3 is 2.56 bits per heavy atom. The molecule has 5 heteroatoms. The van der Waals surface area contributed by atoms with Gasteiger partial charge in [-0.3, -0.25) is 0 Å². The van der Waals surface area contributed by atoms with Gasteiger partial charge in [0.1, 0.15) is 0 Å². The minimum atomic E-state index is 0.0642. The summed E-state index contributed by atoms with van der Waals surface area (Å²) in [6.45, 7) is 0. The topological polar surface area (TPSA) is 49.4 Å². The molecule has 4 nitrogen and oxygen atoms in total. The molecule has 9 heavy (non-hydrogen) atoms. The van der Waals surface area contributed by atoms with E-state index in [2.05, 4.69) is 4.76 Å². The van der Waals surface area contributed by atoms with Gasteiger partial charge in [0.05, 0.1) is 0 Å². The molecule has 48 valence electrons. The van der Waals surface area contributed by atoms with Gasteiger partial charge in [-0.2, -0.15) is 0 Å². The first-order chi connectivity index (χ1) is 4.43. The Kier molecular flexibility index (Phi) is 2.17. The predicted octanol–water partition coefficient (Wildman–Crippen LogP) is -0.927. The Balaban J connectivity index is 2.30. The highest BCUT2D eigenvalue weighted by Crippen LogP contribution is 1.83. The van der Waals surface area contributed by atoms with Crippen LogP contribution in [0.15, 0.2) is 24.5 Å². The van der Waals surface area contributed by atoms with E-state index in [1.807, 2.05) is 12.1 Å². The maximum Gasteiger partial charge on any atom is 0.546 e. The minimum absolute atomic E-state index is 0.0642. The molecule has 0 spiro atoms. The SMILES string of the molecule is NOBOn1cccc1. The highest BCUT2D eigenvalue weighted by molar-refractivity contribution is 6.17. The third-order valence-corrected chi connectivity index (χ3v) is 0.847. The minimum Gasteiger partial charge on any atom is -0.450 e. The summed E-state index contributed by atoms with van der Waals surface area (Å²) in [7, 11) is 0.0642. The van der Waals surface area contributed by atoms with Crippen LogP contribution in [0.3, 0.4) is 0 Å². The monoisotopic (exact) mass is 126 g/mol. The molecule has 0 aliphatic heterocycles. The van der Waals surface area contributed by atoms with Gasteiger partial charge in [-0.25, -0.2) is 10.6 Å². The largest absolute Gasteiger partial charge is 0.546 e. The van der Waals surface area contributed by atoms with E-state index in [1.54, 1.807) is 12.4 Å². The number of aromatic nitrogens is 1. The molecule has 0 saturated heterocycles. The summed E-state index contributed by atoms with van der Waals surface area (Å²) in [5.41, 5.74) is 0. The van der Waals surface area contributed by atoms with Crippen molar-refractivity contribution in [2.45, 2.75) is 0 Å². The summed E-state index contributed by atoms with van der Waals surface area (Å²) in [6, 6.07) is 3.69. The average molecular weight is 126 g/mol. The van der Waals surface area contributed by atoms with Crippen LogP contribution in [0, 0.1) is 0 Å². The van der Waals surface area contributed by atoms with Gasteiger partial charge in [0.25, 0.3) is 0 Å². The molecule has 2 N–H and O–H groups in total. The van der Waals surface area contributed by atoms with Crippen molar-refractivity contribution >= 4 is 7.69 Å². The van der Waals surface area contributed by atoms with Crippen molar-refractivity contribution in [3.05, 3.63) is 24.5 Å². The van der Waals surface area contributed by atoms with Crippen molar-refractivity contribution < 1.29 is 9.51 Å². The van der Waals surface area contributed by atoms with E-state index >= 15 is 0 Å². The lowest BCUT2D eigenvalue weighted by atomic mass is 10.4. The molecule has 0 aliphatic carbocycles. The van der Waals surface area contributed by atoms with Crippen molar-refractivity contribution in [1.82, 2.24) is 4.73 Å². The lowest BCUT2D eigenvalue weighted by Gasteiger charge is -2.00. The first-order valence-corrected chi connectivity index (χ1v) is 2.51. The Morgan fingerprint density at radius 1 is 1.33 bits per heavy atom. The first-order valence-electron chi connectivity index (χ1n) is 2.51. The molecule has 0 aliphatic rings. The van der Waals surface area contributed by atoms with Crippen LogP contribution in [-0.4, -0.2) is 12.4 Å². The van der Waals surface area contributed by atoms with Gasteiger partial charge in [-0.15, -0.1) is 0 Å². The number of hydrogen-bond acceptors (Lipinski definition) is 3. The smallest absolute Gasteiger partial charge is 0.450 e. The molecule has 0 aromatic carbocycles. The maximum atomic E-state index is 4.86. The fourth-order valence-electron chi connectivity index (χ4n) is 0.496. The third kappa shape index (κ3) is 1.79. The first kappa shape index (κ1) is 6.19. The summed E-state index contributed by atoms with van der Waals surface area (Å²) in [6.07, 6.45) is 3.50. The van der Waals surface area contributed by atoms with E-state index in [0.717, 1.165) is 0 Å². The molecule has 0 atom stereocenters. The van der Waals surface area contributed by atoms with Crippen molar-refractivity contribution in [2.24, 2.45) is 5.90 Å². The molecular formula is C4H7BN2O2. The average Bonchev–Trinajstić information content (AvgIpc) is 2.34. The highest BCUT2D eigenvalue weighted by Gasteiger charge is 1.88. The Morgan fingerprint density at radius 2 is 2.00 bits per heavy atom. The highest BCUT2D eigenvalue weighted by atomic mass is 16.7. The predicted molar refractivity (Wildman–Crippen MR) is 33.4 cm³/mol. The summed E-state index contributed by atoms with van der Waals surface area (Å²) >= 11 is 0. The molecular weight excluding hydrogens is 119 g/mol. The van der Waals surface area contributed by atoms with Gasteiger partial charge in [0, 0.05) is 12.4 Å². The van der Waals surface area contributed by atoms with E-state index in [-0.39, 0.29) is 7.69 Å². The number of nitrogens with zero attached hydrogens (tertiary/aromatic N) is 1. The molecule has 0 bridgehead atoms. The Hall–Kier alpha value is -0.935. The van der Waals surface area contributed by atoms with Crippen LogP contribution in [0.1, 0.15) is 0 Å². The van der Waals surface area contributed by atoms with Gasteiger partial charge >= 0.3 is 7.69 Å². The fourth-order valence-corrected chi connectivity index (χ4v) is 0.496. The normalized spacial score (nSPS) is 9.00. The number of nitrogens with two attached hydrogens (primary N) is 1. The summed E-state index contributed by atoms with van der Waals surface area (Å²) in [5.74, 6) is 4.71. The van der Waals surface area contributed by atoms with Gasteiger partial charge < -0.3 is 9.51 Å². The lowest BCUT2D eigenvalue weighted by molar-refractivity contribution is 0.205. The number of rotatable bonds is 3. The molecule has 0 radical (unpaired) electrons. The standard InChI is InChI=1S/C4H7BN2O2/c6-8-5-9-7-3-1-2-4-7/h1-5H,6H2. The van der Waals surface area contributed by atoms with E-state index in [9.17, 15) is 0 Å². The van der Waals surface area contributed by atoms with E-state index in [0.29, 0.717) is 0 Å². The molecule has 0 unspecified atom stereocenters. The second-order valence-corrected chi connectivity index (χ2v) is 1.46. The molecule has 1 rings (SSSR count). The van der Waals surface area contributed by atoms with Crippen LogP contribution in [0.2, 0.25) is 0 Å². The molecule has 0 amide bonds. The fraction of sp³-hybridized carbons (Fsp3) is 0. The molecule has 1 aromatic heterocycles. The maximum absolute atomic E-state index is 4.86. The second kappa shape index (κ2) is 3.16. The zero-order valence-corrected chi connectivity index (χ0v) is 4.86. The van der Waals surface area contributed by atoms with Gasteiger partial charge in [0.15, 0.2) is 0 Å². The number of hydrogen-bond donors (Lipinski definition) is 1. The van der Waals surface area contributed by atoms with Crippen LogP contribution in [0.4, 0.5) is 0 Å². The molecule has 1 heterocycles. The zero-order valence-electron chi connectivity index (χ0n) is 4.86. The van der Waals surface area contributed by atoms with Crippen LogP contribution >= 0.6 is 0 Å². The van der Waals surface area contributed by atoms with Crippen molar-refractivity contribution in [1.29, 1.82) is 0 Å². The van der Waals surface area contributed by atoms with E-state index in [4.69, 9.17) is 10.7 Å². The van der Waals surface area contributed by atoms with Crippen LogP contribution in [0.25, 0.3) is 0 Å². The van der Waals surface area contributed by atoms with Crippen molar-refractivity contribution in [2.75, 3.05) is 0 Å². The van der Waals surface area contributed by atoms with Gasteiger partial charge in [-0.05, 0) is 12.1 Å². The van der Waals surface area contributed by atoms with Gasteiger partial charge in [0.2, 0.25) is 0 Å². The Bertz CT molecular complexity index is 154.